The molecule has 0 radical (unpaired) electrons. The predicted octanol–water partition coefficient (Wildman–Crippen LogP) is 4.48. The molecule has 0 fully saturated rings. The van der Waals surface area contributed by atoms with Crippen LogP contribution in [0, 0.1) is 6.92 Å². The Balaban J connectivity index is 1.62. The van der Waals surface area contributed by atoms with Gasteiger partial charge in [-0.05, 0) is 50.2 Å². The number of amides is 2. The van der Waals surface area contributed by atoms with Crippen LogP contribution in [0.15, 0.2) is 45.3 Å². The molecule has 1 aromatic heterocycles. The molecule has 0 spiro atoms. The highest BCUT2D eigenvalue weighted by atomic mass is 79.9. The van der Waals surface area contributed by atoms with E-state index < -0.39 is 6.10 Å². The van der Waals surface area contributed by atoms with Crippen molar-refractivity contribution in [2.75, 3.05) is 10.6 Å². The van der Waals surface area contributed by atoms with E-state index in [0.29, 0.717) is 22.7 Å². The van der Waals surface area contributed by atoms with E-state index in [1.54, 1.807) is 25.1 Å². The number of fused-ring (bicyclic) bond motifs is 2. The van der Waals surface area contributed by atoms with Gasteiger partial charge < -0.3 is 19.8 Å². The smallest absolute Gasteiger partial charge is 0.291 e. The lowest BCUT2D eigenvalue weighted by molar-refractivity contribution is -0.122. The molecule has 6 nitrogen and oxygen atoms in total. The summed E-state index contributed by atoms with van der Waals surface area (Å²) in [4.78, 5) is 24.4. The number of anilines is 2. The third-order valence-electron chi connectivity index (χ3n) is 4.27. The molecule has 132 valence electrons. The van der Waals surface area contributed by atoms with Gasteiger partial charge in [-0.1, -0.05) is 15.9 Å². The van der Waals surface area contributed by atoms with Gasteiger partial charge in [-0.15, -0.1) is 0 Å². The summed E-state index contributed by atoms with van der Waals surface area (Å²) in [5, 5.41) is 6.44. The fourth-order valence-electron chi connectivity index (χ4n) is 2.88. The highest BCUT2D eigenvalue weighted by Crippen LogP contribution is 2.33. The Kier molecular flexibility index (Phi) is 3.96. The van der Waals surface area contributed by atoms with Crippen LogP contribution in [0.3, 0.4) is 0 Å². The normalized spacial score (nSPS) is 16.0. The minimum Gasteiger partial charge on any atom is -0.479 e. The number of ether oxygens (including phenoxy) is 1. The number of furan rings is 1. The fourth-order valence-corrected chi connectivity index (χ4v) is 3.25. The summed E-state index contributed by atoms with van der Waals surface area (Å²) in [5.74, 6) is 0.246. The number of hydrogen-bond donors (Lipinski definition) is 2. The second kappa shape index (κ2) is 6.17. The van der Waals surface area contributed by atoms with Crippen LogP contribution in [-0.2, 0) is 4.79 Å². The van der Waals surface area contributed by atoms with Gasteiger partial charge in [0, 0.05) is 21.1 Å². The van der Waals surface area contributed by atoms with Crippen LogP contribution in [0.4, 0.5) is 11.4 Å². The highest BCUT2D eigenvalue weighted by molar-refractivity contribution is 9.10. The SMILES string of the molecule is Cc1c(C(=O)Nc2ccc3c(c2)NC(=O)[C@H](C)O3)oc2ccc(Br)cc12. The maximum Gasteiger partial charge on any atom is 0.291 e. The van der Waals surface area contributed by atoms with E-state index in [0.717, 1.165) is 15.4 Å². The van der Waals surface area contributed by atoms with Crippen LogP contribution in [0.1, 0.15) is 23.0 Å². The molecule has 7 heteroatoms. The van der Waals surface area contributed by atoms with Gasteiger partial charge in [0.15, 0.2) is 11.9 Å². The molecular weight excluding hydrogens is 400 g/mol. The topological polar surface area (TPSA) is 80.6 Å². The summed E-state index contributed by atoms with van der Waals surface area (Å²) < 4.78 is 12.1. The summed E-state index contributed by atoms with van der Waals surface area (Å²) in [6.07, 6.45) is -0.541. The molecule has 1 aliphatic rings. The van der Waals surface area contributed by atoms with Crippen molar-refractivity contribution < 1.29 is 18.7 Å². The first kappa shape index (κ1) is 16.7. The molecule has 4 rings (SSSR count). The molecule has 2 amide bonds. The van der Waals surface area contributed by atoms with Crippen LogP contribution in [0.5, 0.6) is 5.75 Å². The average Bonchev–Trinajstić information content (AvgIpc) is 2.93. The van der Waals surface area contributed by atoms with E-state index in [1.807, 2.05) is 25.1 Å². The summed E-state index contributed by atoms with van der Waals surface area (Å²) in [7, 11) is 0. The van der Waals surface area contributed by atoms with Gasteiger partial charge in [-0.25, -0.2) is 0 Å². The zero-order valence-corrected chi connectivity index (χ0v) is 15.6. The van der Waals surface area contributed by atoms with Crippen molar-refractivity contribution >= 4 is 50.1 Å². The van der Waals surface area contributed by atoms with Crippen LogP contribution in [0.2, 0.25) is 0 Å². The maximum absolute atomic E-state index is 12.6. The lowest BCUT2D eigenvalue weighted by Crippen LogP contribution is -2.34. The van der Waals surface area contributed by atoms with Crippen LogP contribution < -0.4 is 15.4 Å². The Bertz CT molecular complexity index is 1060. The van der Waals surface area contributed by atoms with Gasteiger partial charge >= 0.3 is 0 Å². The number of halogens is 1. The number of benzene rings is 2. The van der Waals surface area contributed by atoms with Gasteiger partial charge in [-0.2, -0.15) is 0 Å². The molecule has 1 aliphatic heterocycles. The van der Waals surface area contributed by atoms with Crippen molar-refractivity contribution in [2.24, 2.45) is 0 Å². The van der Waals surface area contributed by atoms with Crippen molar-refractivity contribution in [3.8, 4) is 5.75 Å². The molecule has 2 heterocycles. The van der Waals surface area contributed by atoms with Crippen LogP contribution in [-0.4, -0.2) is 17.9 Å². The van der Waals surface area contributed by atoms with Gasteiger partial charge in [0.05, 0.1) is 5.69 Å². The minimum atomic E-state index is -0.541. The maximum atomic E-state index is 12.6. The second-order valence-electron chi connectivity index (χ2n) is 6.11. The van der Waals surface area contributed by atoms with E-state index in [4.69, 9.17) is 9.15 Å². The van der Waals surface area contributed by atoms with E-state index in [2.05, 4.69) is 26.6 Å². The Morgan fingerprint density at radius 1 is 1.23 bits per heavy atom. The fraction of sp³-hybridized carbons (Fsp3) is 0.158. The van der Waals surface area contributed by atoms with Crippen molar-refractivity contribution in [3.63, 3.8) is 0 Å². The molecule has 1 atom stereocenters. The van der Waals surface area contributed by atoms with E-state index >= 15 is 0 Å². The number of rotatable bonds is 2. The zero-order valence-electron chi connectivity index (χ0n) is 14.1. The first-order valence-corrected chi connectivity index (χ1v) is 8.83. The minimum absolute atomic E-state index is 0.223. The predicted molar refractivity (Wildman–Crippen MR) is 102 cm³/mol. The zero-order chi connectivity index (χ0) is 18.4. The van der Waals surface area contributed by atoms with Crippen molar-refractivity contribution in [1.29, 1.82) is 0 Å². The third kappa shape index (κ3) is 2.84. The van der Waals surface area contributed by atoms with Gasteiger partial charge in [-0.3, -0.25) is 9.59 Å². The first-order chi connectivity index (χ1) is 12.4. The van der Waals surface area contributed by atoms with E-state index in [9.17, 15) is 9.59 Å². The molecule has 2 N–H and O–H groups in total. The monoisotopic (exact) mass is 414 g/mol. The van der Waals surface area contributed by atoms with E-state index in [-0.39, 0.29) is 17.6 Å². The number of carbonyl (C=O) groups is 2. The molecule has 2 aromatic carbocycles. The highest BCUT2D eigenvalue weighted by Gasteiger charge is 2.24. The number of carbonyl (C=O) groups excluding carboxylic acids is 2. The van der Waals surface area contributed by atoms with E-state index in [1.165, 1.54) is 0 Å². The molecule has 0 aliphatic carbocycles. The Morgan fingerprint density at radius 3 is 2.85 bits per heavy atom. The first-order valence-electron chi connectivity index (χ1n) is 8.04. The summed E-state index contributed by atoms with van der Waals surface area (Å²) in [6, 6.07) is 10.7. The van der Waals surface area contributed by atoms with Gasteiger partial charge in [0.1, 0.15) is 11.3 Å². The number of nitrogens with one attached hydrogen (secondary N) is 2. The lowest BCUT2D eigenvalue weighted by atomic mass is 10.1. The molecule has 3 aromatic rings. The second-order valence-corrected chi connectivity index (χ2v) is 7.03. The lowest BCUT2D eigenvalue weighted by Gasteiger charge is -2.23. The van der Waals surface area contributed by atoms with Crippen molar-refractivity contribution in [1.82, 2.24) is 0 Å². The van der Waals surface area contributed by atoms with Crippen molar-refractivity contribution in [3.05, 3.63) is 52.2 Å². The van der Waals surface area contributed by atoms with Crippen molar-refractivity contribution in [2.45, 2.75) is 20.0 Å². The Morgan fingerprint density at radius 2 is 2.04 bits per heavy atom. The number of hydrogen-bond acceptors (Lipinski definition) is 4. The standard InChI is InChI=1S/C19H15BrN2O4/c1-9-13-7-11(20)3-5-15(13)26-17(9)19(24)21-12-4-6-16-14(8-12)22-18(23)10(2)25-16/h3-8,10H,1-2H3,(H,21,24)(H,22,23)/t10-/m0/s1. The third-order valence-corrected chi connectivity index (χ3v) is 4.77. The Hall–Kier alpha value is -2.80. The number of aryl methyl sites for hydroxylation is 1. The molecule has 0 saturated heterocycles. The summed E-state index contributed by atoms with van der Waals surface area (Å²) in [6.45, 7) is 3.52. The largest absolute Gasteiger partial charge is 0.479 e. The van der Waals surface area contributed by atoms with Crippen LogP contribution in [0.25, 0.3) is 11.0 Å². The molecule has 0 saturated carbocycles. The average molecular weight is 415 g/mol. The summed E-state index contributed by atoms with van der Waals surface area (Å²) in [5.41, 5.74) is 2.47. The van der Waals surface area contributed by atoms with Gasteiger partial charge in [0.2, 0.25) is 0 Å². The quantitative estimate of drug-likeness (QED) is 0.647. The molecule has 26 heavy (non-hydrogen) atoms. The molecular formula is C19H15BrN2O4. The Labute approximate surface area is 157 Å². The van der Waals surface area contributed by atoms with Crippen LogP contribution >= 0.6 is 15.9 Å². The molecule has 0 bridgehead atoms. The molecule has 0 unspecified atom stereocenters. The summed E-state index contributed by atoms with van der Waals surface area (Å²) >= 11 is 3.42. The van der Waals surface area contributed by atoms with Gasteiger partial charge in [0.25, 0.3) is 11.8 Å².